The lowest BCUT2D eigenvalue weighted by atomic mass is 10.0. The second kappa shape index (κ2) is 7.77. The summed E-state index contributed by atoms with van der Waals surface area (Å²) >= 11 is 0. The molecule has 1 saturated carbocycles. The third kappa shape index (κ3) is 4.34. The van der Waals surface area contributed by atoms with Crippen molar-refractivity contribution in [2.75, 3.05) is 19.6 Å². The molecule has 0 radical (unpaired) electrons. The fraction of sp³-hybridized carbons (Fsp3) is 0.667. The lowest BCUT2D eigenvalue weighted by Gasteiger charge is -2.35. The number of piperidine rings is 1. The largest absolute Gasteiger partial charge is 0.295 e. The summed E-state index contributed by atoms with van der Waals surface area (Å²) in [7, 11) is -3.18. The van der Waals surface area contributed by atoms with Gasteiger partial charge in [0.25, 0.3) is 0 Å². The van der Waals surface area contributed by atoms with Gasteiger partial charge in [0, 0.05) is 12.6 Å². The number of nitrogens with one attached hydrogen (secondary N) is 1. The molecule has 1 saturated heterocycles. The Bertz CT molecular complexity index is 576. The molecule has 1 aromatic rings. The topological polar surface area (TPSA) is 49.4 Å². The average Bonchev–Trinajstić information content (AvgIpc) is 3.12. The molecule has 1 unspecified atom stereocenters. The predicted octanol–water partition coefficient (Wildman–Crippen LogP) is 3.08. The molecule has 1 atom stereocenters. The van der Waals surface area contributed by atoms with Crippen LogP contribution in [0, 0.1) is 0 Å². The number of likely N-dealkylation sites (tertiary alicyclic amines) is 1. The molecule has 2 fully saturated rings. The van der Waals surface area contributed by atoms with Crippen LogP contribution in [0.1, 0.15) is 56.6 Å². The van der Waals surface area contributed by atoms with Gasteiger partial charge in [-0.2, -0.15) is 0 Å². The first-order valence-corrected chi connectivity index (χ1v) is 10.5. The quantitative estimate of drug-likeness (QED) is 0.868. The summed E-state index contributed by atoms with van der Waals surface area (Å²) in [5, 5.41) is -0.180. The molecular formula is C18H28N2O2S. The Balaban J connectivity index is 1.70. The molecule has 0 bridgehead atoms. The lowest BCUT2D eigenvalue weighted by Crippen LogP contribution is -2.42. The van der Waals surface area contributed by atoms with Gasteiger partial charge in [-0.15, -0.1) is 0 Å². The van der Waals surface area contributed by atoms with Gasteiger partial charge in [0.15, 0.2) is 0 Å². The molecule has 128 valence electrons. The first-order chi connectivity index (χ1) is 11.2. The summed E-state index contributed by atoms with van der Waals surface area (Å²) in [5.74, 6) is 0. The number of nitrogens with zero attached hydrogens (tertiary/aromatic N) is 1. The van der Waals surface area contributed by atoms with Crippen LogP contribution in [0.25, 0.3) is 0 Å². The van der Waals surface area contributed by atoms with Crippen LogP contribution in [0.3, 0.4) is 0 Å². The third-order valence-corrected chi connectivity index (χ3v) is 7.15. The van der Waals surface area contributed by atoms with Crippen molar-refractivity contribution in [3.05, 3.63) is 35.9 Å². The van der Waals surface area contributed by atoms with E-state index in [-0.39, 0.29) is 11.3 Å². The van der Waals surface area contributed by atoms with Gasteiger partial charge < -0.3 is 0 Å². The summed E-state index contributed by atoms with van der Waals surface area (Å²) < 4.78 is 28.0. The Morgan fingerprint density at radius 2 is 1.65 bits per heavy atom. The van der Waals surface area contributed by atoms with Crippen molar-refractivity contribution >= 4 is 10.0 Å². The van der Waals surface area contributed by atoms with Crippen molar-refractivity contribution in [1.82, 2.24) is 9.62 Å². The van der Waals surface area contributed by atoms with Crippen molar-refractivity contribution in [3.8, 4) is 0 Å². The monoisotopic (exact) mass is 336 g/mol. The lowest BCUT2D eigenvalue weighted by molar-refractivity contribution is 0.164. The van der Waals surface area contributed by atoms with Crippen LogP contribution in [0.15, 0.2) is 30.3 Å². The van der Waals surface area contributed by atoms with Gasteiger partial charge in [-0.1, -0.05) is 49.6 Å². The molecule has 1 aliphatic carbocycles. The van der Waals surface area contributed by atoms with E-state index in [0.717, 1.165) is 38.8 Å². The van der Waals surface area contributed by atoms with E-state index < -0.39 is 10.0 Å². The zero-order valence-corrected chi connectivity index (χ0v) is 14.6. The molecule has 1 heterocycles. The minimum atomic E-state index is -3.18. The second-order valence-corrected chi connectivity index (χ2v) is 8.87. The Morgan fingerprint density at radius 3 is 2.30 bits per heavy atom. The highest BCUT2D eigenvalue weighted by molar-refractivity contribution is 7.90. The molecule has 0 amide bonds. The highest BCUT2D eigenvalue weighted by Gasteiger charge is 2.30. The third-order valence-electron chi connectivity index (χ3n) is 5.23. The van der Waals surface area contributed by atoms with Gasteiger partial charge in [-0.3, -0.25) is 4.90 Å². The zero-order valence-electron chi connectivity index (χ0n) is 13.8. The van der Waals surface area contributed by atoms with Gasteiger partial charge in [0.1, 0.15) is 0 Å². The maximum absolute atomic E-state index is 12.5. The molecule has 1 aromatic carbocycles. The number of benzene rings is 1. The standard InChI is InChI=1S/C18H28N2O2S/c21-23(22,17-11-5-6-12-17)19-15-18(16-9-3-1-4-10-16)20-13-7-2-8-14-20/h1,3-4,9-10,17-19H,2,5-8,11-15H2. The van der Waals surface area contributed by atoms with E-state index >= 15 is 0 Å². The maximum Gasteiger partial charge on any atom is 0.214 e. The van der Waals surface area contributed by atoms with Crippen molar-refractivity contribution in [2.45, 2.75) is 56.2 Å². The van der Waals surface area contributed by atoms with Crippen LogP contribution < -0.4 is 4.72 Å². The van der Waals surface area contributed by atoms with Crippen molar-refractivity contribution in [1.29, 1.82) is 0 Å². The van der Waals surface area contributed by atoms with E-state index in [1.807, 2.05) is 18.2 Å². The SMILES string of the molecule is O=S(=O)(NCC(c1ccccc1)N1CCCCC1)C1CCCC1. The Labute approximate surface area is 140 Å². The molecule has 4 nitrogen and oxygen atoms in total. The maximum atomic E-state index is 12.5. The summed E-state index contributed by atoms with van der Waals surface area (Å²) in [6.07, 6.45) is 7.41. The van der Waals surface area contributed by atoms with E-state index in [9.17, 15) is 8.42 Å². The number of hydrogen-bond acceptors (Lipinski definition) is 3. The van der Waals surface area contributed by atoms with Gasteiger partial charge >= 0.3 is 0 Å². The number of hydrogen-bond donors (Lipinski definition) is 1. The minimum Gasteiger partial charge on any atom is -0.295 e. The first kappa shape index (κ1) is 16.9. The zero-order chi connectivity index (χ0) is 16.1. The summed E-state index contributed by atoms with van der Waals surface area (Å²) in [6.45, 7) is 2.61. The van der Waals surface area contributed by atoms with Crippen LogP contribution in [-0.4, -0.2) is 38.2 Å². The van der Waals surface area contributed by atoms with E-state index in [2.05, 4.69) is 21.8 Å². The van der Waals surface area contributed by atoms with E-state index in [1.54, 1.807) is 0 Å². The first-order valence-electron chi connectivity index (χ1n) is 8.94. The summed E-state index contributed by atoms with van der Waals surface area (Å²) in [4.78, 5) is 2.44. The fourth-order valence-corrected chi connectivity index (χ4v) is 5.45. The van der Waals surface area contributed by atoms with Crippen LogP contribution in [-0.2, 0) is 10.0 Å². The summed E-state index contributed by atoms with van der Waals surface area (Å²) in [5.41, 5.74) is 1.21. The molecule has 1 N–H and O–H groups in total. The molecule has 0 spiro atoms. The Hall–Kier alpha value is -0.910. The normalized spacial score (nSPS) is 22.3. The molecule has 0 aromatic heterocycles. The van der Waals surface area contributed by atoms with Gasteiger partial charge in [0.05, 0.1) is 5.25 Å². The average molecular weight is 337 g/mol. The van der Waals surface area contributed by atoms with E-state index in [1.165, 1.54) is 24.8 Å². The van der Waals surface area contributed by atoms with Crippen LogP contribution in [0.4, 0.5) is 0 Å². The highest BCUT2D eigenvalue weighted by atomic mass is 32.2. The fourth-order valence-electron chi connectivity index (χ4n) is 3.87. The molecule has 3 rings (SSSR count). The Kier molecular flexibility index (Phi) is 5.72. The highest BCUT2D eigenvalue weighted by Crippen LogP contribution is 2.27. The molecule has 23 heavy (non-hydrogen) atoms. The smallest absolute Gasteiger partial charge is 0.214 e. The van der Waals surface area contributed by atoms with Gasteiger partial charge in [0.2, 0.25) is 10.0 Å². The van der Waals surface area contributed by atoms with Gasteiger partial charge in [-0.25, -0.2) is 13.1 Å². The van der Waals surface area contributed by atoms with Crippen molar-refractivity contribution < 1.29 is 8.42 Å². The van der Waals surface area contributed by atoms with E-state index in [4.69, 9.17) is 0 Å². The minimum absolute atomic E-state index is 0.146. The molecular weight excluding hydrogens is 308 g/mol. The van der Waals surface area contributed by atoms with Crippen LogP contribution >= 0.6 is 0 Å². The summed E-state index contributed by atoms with van der Waals surface area (Å²) in [6, 6.07) is 10.5. The number of sulfonamides is 1. The predicted molar refractivity (Wildman–Crippen MR) is 93.8 cm³/mol. The van der Waals surface area contributed by atoms with Crippen molar-refractivity contribution in [2.24, 2.45) is 0 Å². The van der Waals surface area contributed by atoms with Crippen molar-refractivity contribution in [3.63, 3.8) is 0 Å². The second-order valence-electron chi connectivity index (χ2n) is 6.82. The van der Waals surface area contributed by atoms with Crippen LogP contribution in [0.2, 0.25) is 0 Å². The molecule has 1 aliphatic heterocycles. The molecule has 2 aliphatic rings. The Morgan fingerprint density at radius 1 is 1.00 bits per heavy atom. The van der Waals surface area contributed by atoms with Crippen LogP contribution in [0.5, 0.6) is 0 Å². The number of rotatable bonds is 6. The van der Waals surface area contributed by atoms with E-state index in [0.29, 0.717) is 6.54 Å². The molecule has 5 heteroatoms. The van der Waals surface area contributed by atoms with Gasteiger partial charge in [-0.05, 0) is 44.3 Å².